The van der Waals surface area contributed by atoms with Gasteiger partial charge in [-0.15, -0.1) is 0 Å². The molecule has 1 heterocycles. The number of hydrogen-bond donors (Lipinski definition) is 2. The van der Waals surface area contributed by atoms with Crippen molar-refractivity contribution in [3.8, 4) is 11.4 Å². The normalized spacial score (nSPS) is 10.7. The summed E-state index contributed by atoms with van der Waals surface area (Å²) in [7, 11) is 0. The molecular weight excluding hydrogens is 320 g/mol. The highest BCUT2D eigenvalue weighted by atomic mass is 16.6. The van der Waals surface area contributed by atoms with E-state index >= 15 is 0 Å². The summed E-state index contributed by atoms with van der Waals surface area (Å²) in [6.45, 7) is 0. The monoisotopic (exact) mass is 328 g/mol. The van der Waals surface area contributed by atoms with Gasteiger partial charge in [-0.2, -0.15) is 0 Å². The van der Waals surface area contributed by atoms with Crippen LogP contribution in [0, 0.1) is 20.2 Å². The number of aromatic carboxylic acids is 1. The molecule has 0 saturated carbocycles. The molecule has 3 aromatic rings. The van der Waals surface area contributed by atoms with Crippen molar-refractivity contribution >= 4 is 28.4 Å². The van der Waals surface area contributed by atoms with Crippen molar-refractivity contribution < 1.29 is 19.7 Å². The molecule has 0 radical (unpaired) electrons. The van der Waals surface area contributed by atoms with Crippen molar-refractivity contribution in [2.45, 2.75) is 0 Å². The minimum absolute atomic E-state index is 0.00485. The maximum Gasteiger partial charge on any atom is 0.335 e. The SMILES string of the molecule is O=C(O)c1ccc2nc(-c3c([N+](=O)[O-])cccc3[N+](=O)[O-])[nH]c2c1. The number of benzene rings is 2. The van der Waals surface area contributed by atoms with Crippen LogP contribution in [0.15, 0.2) is 36.4 Å². The van der Waals surface area contributed by atoms with Crippen molar-refractivity contribution in [3.63, 3.8) is 0 Å². The first-order valence-corrected chi connectivity index (χ1v) is 6.53. The molecule has 2 N–H and O–H groups in total. The molecule has 10 heteroatoms. The third kappa shape index (κ3) is 2.41. The van der Waals surface area contributed by atoms with Gasteiger partial charge in [0.2, 0.25) is 0 Å². The van der Waals surface area contributed by atoms with Gasteiger partial charge in [0.25, 0.3) is 11.4 Å². The van der Waals surface area contributed by atoms with Gasteiger partial charge in [0.15, 0.2) is 11.4 Å². The second-order valence-electron chi connectivity index (χ2n) is 4.81. The molecule has 0 saturated heterocycles. The van der Waals surface area contributed by atoms with Gasteiger partial charge in [-0.05, 0) is 24.3 Å². The molecule has 0 unspecified atom stereocenters. The van der Waals surface area contributed by atoms with Crippen LogP contribution >= 0.6 is 0 Å². The van der Waals surface area contributed by atoms with Gasteiger partial charge < -0.3 is 10.1 Å². The van der Waals surface area contributed by atoms with Gasteiger partial charge in [0.1, 0.15) is 0 Å². The second kappa shape index (κ2) is 5.43. The molecule has 0 aliphatic heterocycles. The van der Waals surface area contributed by atoms with Crippen molar-refractivity contribution in [2.24, 2.45) is 0 Å². The first-order chi connectivity index (χ1) is 11.4. The highest BCUT2D eigenvalue weighted by Crippen LogP contribution is 2.37. The Morgan fingerprint density at radius 1 is 1.08 bits per heavy atom. The maximum atomic E-state index is 11.2. The van der Waals surface area contributed by atoms with Gasteiger partial charge in [0, 0.05) is 12.1 Å². The Hall–Kier alpha value is -3.82. The van der Waals surface area contributed by atoms with Crippen LogP contribution in [0.3, 0.4) is 0 Å². The van der Waals surface area contributed by atoms with E-state index in [9.17, 15) is 25.0 Å². The van der Waals surface area contributed by atoms with E-state index in [4.69, 9.17) is 5.11 Å². The molecule has 0 fully saturated rings. The van der Waals surface area contributed by atoms with E-state index in [0.29, 0.717) is 11.0 Å². The maximum absolute atomic E-state index is 11.2. The fourth-order valence-corrected chi connectivity index (χ4v) is 2.34. The lowest BCUT2D eigenvalue weighted by atomic mass is 10.1. The number of carboxylic acids is 1. The lowest BCUT2D eigenvalue weighted by Crippen LogP contribution is -1.98. The molecule has 0 bridgehead atoms. The van der Waals surface area contributed by atoms with Gasteiger partial charge in [-0.25, -0.2) is 9.78 Å². The standard InChI is InChI=1S/C14H8N4O6/c19-14(20)7-4-5-8-9(6-7)16-13(15-8)12-10(17(21)22)2-1-3-11(12)18(23)24/h1-6H,(H,15,16)(H,19,20). The second-order valence-corrected chi connectivity index (χ2v) is 4.81. The number of carbonyl (C=O) groups is 1. The number of nitrogens with one attached hydrogen (secondary N) is 1. The Morgan fingerprint density at radius 2 is 1.71 bits per heavy atom. The zero-order valence-corrected chi connectivity index (χ0v) is 11.8. The van der Waals surface area contributed by atoms with Gasteiger partial charge >= 0.3 is 5.97 Å². The number of nitro groups is 2. The van der Waals surface area contributed by atoms with E-state index in [1.165, 1.54) is 24.3 Å². The fraction of sp³-hybridized carbons (Fsp3) is 0. The Labute approximate surface area is 132 Å². The molecule has 2 aromatic carbocycles. The van der Waals surface area contributed by atoms with E-state index in [1.54, 1.807) is 0 Å². The Bertz CT molecular complexity index is 977. The van der Waals surface area contributed by atoms with E-state index in [1.807, 2.05) is 0 Å². The predicted octanol–water partition coefficient (Wildman–Crippen LogP) is 2.74. The van der Waals surface area contributed by atoms with E-state index < -0.39 is 27.2 Å². The van der Waals surface area contributed by atoms with Crippen LogP contribution in [-0.2, 0) is 0 Å². The molecule has 1 aromatic heterocycles. The summed E-state index contributed by atoms with van der Waals surface area (Å²) in [5.74, 6) is -1.23. The summed E-state index contributed by atoms with van der Waals surface area (Å²) in [6, 6.07) is 7.53. The van der Waals surface area contributed by atoms with E-state index in [-0.39, 0.29) is 17.0 Å². The summed E-state index contributed by atoms with van der Waals surface area (Å²) in [5, 5.41) is 31.4. The highest BCUT2D eigenvalue weighted by Gasteiger charge is 2.28. The summed E-state index contributed by atoms with van der Waals surface area (Å²) in [4.78, 5) is 38.7. The van der Waals surface area contributed by atoms with Crippen LogP contribution in [0.2, 0.25) is 0 Å². The third-order valence-corrected chi connectivity index (χ3v) is 3.38. The molecule has 0 amide bonds. The number of fused-ring (bicyclic) bond motifs is 1. The number of aromatic nitrogens is 2. The van der Waals surface area contributed by atoms with Crippen LogP contribution in [-0.4, -0.2) is 30.9 Å². The molecule has 0 atom stereocenters. The summed E-state index contributed by atoms with van der Waals surface area (Å²) in [6.07, 6.45) is 0. The molecule has 120 valence electrons. The summed E-state index contributed by atoms with van der Waals surface area (Å²) >= 11 is 0. The Balaban J connectivity index is 2.29. The number of nitro benzene ring substituents is 2. The minimum atomic E-state index is -1.15. The average Bonchev–Trinajstić information content (AvgIpc) is 2.96. The number of rotatable bonds is 4. The number of H-pyrrole nitrogens is 1. The lowest BCUT2D eigenvalue weighted by molar-refractivity contribution is -0.392. The summed E-state index contributed by atoms with van der Waals surface area (Å²) < 4.78 is 0. The molecule has 0 aliphatic carbocycles. The molecule has 3 rings (SSSR count). The molecular formula is C14H8N4O6. The Kier molecular flexibility index (Phi) is 3.41. The van der Waals surface area contributed by atoms with E-state index in [0.717, 1.165) is 12.1 Å². The quantitative estimate of drug-likeness (QED) is 0.551. The average molecular weight is 328 g/mol. The van der Waals surface area contributed by atoms with Crippen molar-refractivity contribution in [1.82, 2.24) is 9.97 Å². The molecule has 10 nitrogen and oxygen atoms in total. The number of imidazole rings is 1. The van der Waals surface area contributed by atoms with Crippen LogP contribution in [0.25, 0.3) is 22.4 Å². The molecule has 24 heavy (non-hydrogen) atoms. The topological polar surface area (TPSA) is 152 Å². The number of hydrogen-bond acceptors (Lipinski definition) is 6. The van der Waals surface area contributed by atoms with Gasteiger partial charge in [0.05, 0.1) is 26.4 Å². The minimum Gasteiger partial charge on any atom is -0.478 e. The Morgan fingerprint density at radius 3 is 2.25 bits per heavy atom. The third-order valence-electron chi connectivity index (χ3n) is 3.38. The van der Waals surface area contributed by atoms with Gasteiger partial charge in [-0.1, -0.05) is 0 Å². The van der Waals surface area contributed by atoms with E-state index in [2.05, 4.69) is 9.97 Å². The first kappa shape index (κ1) is 15.1. The zero-order chi connectivity index (χ0) is 17.4. The van der Waals surface area contributed by atoms with Crippen LogP contribution < -0.4 is 0 Å². The van der Waals surface area contributed by atoms with Crippen LogP contribution in [0.5, 0.6) is 0 Å². The van der Waals surface area contributed by atoms with Crippen LogP contribution in [0.4, 0.5) is 11.4 Å². The van der Waals surface area contributed by atoms with Crippen molar-refractivity contribution in [1.29, 1.82) is 0 Å². The number of aromatic amines is 1. The smallest absolute Gasteiger partial charge is 0.335 e. The number of carboxylic acid groups (broad SMARTS) is 1. The highest BCUT2D eigenvalue weighted by molar-refractivity contribution is 5.93. The van der Waals surface area contributed by atoms with Gasteiger partial charge in [-0.3, -0.25) is 20.2 Å². The summed E-state index contributed by atoms with van der Waals surface area (Å²) in [5.41, 5.74) is -0.571. The fourth-order valence-electron chi connectivity index (χ4n) is 2.34. The van der Waals surface area contributed by atoms with Crippen molar-refractivity contribution in [2.75, 3.05) is 0 Å². The number of nitrogens with zero attached hydrogens (tertiary/aromatic N) is 3. The largest absolute Gasteiger partial charge is 0.478 e. The zero-order valence-electron chi connectivity index (χ0n) is 11.8. The predicted molar refractivity (Wildman–Crippen MR) is 81.8 cm³/mol. The molecule has 0 spiro atoms. The van der Waals surface area contributed by atoms with Crippen LogP contribution in [0.1, 0.15) is 10.4 Å². The van der Waals surface area contributed by atoms with Crippen molar-refractivity contribution in [3.05, 3.63) is 62.2 Å². The molecule has 0 aliphatic rings. The lowest BCUT2D eigenvalue weighted by Gasteiger charge is -2.01. The first-order valence-electron chi connectivity index (χ1n) is 6.53.